The largest absolute Gasteiger partial charge is 0.448 e. The zero-order valence-electron chi connectivity index (χ0n) is 20.4. The molecule has 0 saturated carbocycles. The molecule has 1 aliphatic heterocycles. The number of fused-ring (bicyclic) bond motifs is 3. The summed E-state index contributed by atoms with van der Waals surface area (Å²) in [6.45, 7) is 6.58. The topological polar surface area (TPSA) is 79.3 Å². The maximum absolute atomic E-state index is 12.8. The van der Waals surface area contributed by atoms with E-state index in [9.17, 15) is 14.7 Å². The summed E-state index contributed by atoms with van der Waals surface area (Å²) in [6.07, 6.45) is -0.112. The van der Waals surface area contributed by atoms with Crippen LogP contribution in [0.15, 0.2) is 48.5 Å². The first-order valence-electron chi connectivity index (χ1n) is 11.8. The molecule has 0 aromatic heterocycles. The standard InChI is InChI=1S/C27H34N2O5/c1-26(2,3)34-24(30)28(4)18-27(32)13-15-29(16-14-27)25(31)33-17-23-21-11-7-5-9-19(21)20-10-6-8-12-22(20)23/h5-12,23,32H,13-18H2,1-4H3. The second-order valence-corrected chi connectivity index (χ2v) is 10.4. The van der Waals surface area contributed by atoms with Crippen molar-refractivity contribution in [2.24, 2.45) is 0 Å². The lowest BCUT2D eigenvalue weighted by molar-refractivity contribution is -0.0454. The van der Waals surface area contributed by atoms with Gasteiger partial charge >= 0.3 is 12.2 Å². The normalized spacial score (nSPS) is 17.0. The average molecular weight is 467 g/mol. The van der Waals surface area contributed by atoms with Gasteiger partial charge in [0.05, 0.1) is 12.1 Å². The minimum Gasteiger partial charge on any atom is -0.448 e. The van der Waals surface area contributed by atoms with Gasteiger partial charge in [-0.3, -0.25) is 0 Å². The van der Waals surface area contributed by atoms with Gasteiger partial charge in [0.15, 0.2) is 0 Å². The summed E-state index contributed by atoms with van der Waals surface area (Å²) in [5, 5.41) is 11.0. The molecule has 0 unspecified atom stereocenters. The van der Waals surface area contributed by atoms with E-state index in [0.717, 1.165) is 0 Å². The van der Waals surface area contributed by atoms with Crippen molar-refractivity contribution in [2.75, 3.05) is 33.3 Å². The van der Waals surface area contributed by atoms with Crippen molar-refractivity contribution in [3.63, 3.8) is 0 Å². The molecule has 2 amide bonds. The number of likely N-dealkylation sites (tertiary alicyclic amines) is 1. The minimum absolute atomic E-state index is 0.0144. The Morgan fingerprint density at radius 1 is 1.03 bits per heavy atom. The van der Waals surface area contributed by atoms with Gasteiger partial charge in [-0.2, -0.15) is 0 Å². The highest BCUT2D eigenvalue weighted by Crippen LogP contribution is 2.44. The number of aliphatic hydroxyl groups is 1. The lowest BCUT2D eigenvalue weighted by Crippen LogP contribution is -2.53. The van der Waals surface area contributed by atoms with E-state index >= 15 is 0 Å². The predicted octanol–water partition coefficient (Wildman–Crippen LogP) is 4.63. The molecule has 1 N–H and O–H groups in total. The zero-order chi connectivity index (χ0) is 24.5. The van der Waals surface area contributed by atoms with Crippen molar-refractivity contribution >= 4 is 12.2 Å². The first-order chi connectivity index (χ1) is 16.1. The Hall–Kier alpha value is -3.06. The molecule has 0 atom stereocenters. The van der Waals surface area contributed by atoms with E-state index in [4.69, 9.17) is 9.47 Å². The molecule has 7 heteroatoms. The fourth-order valence-corrected chi connectivity index (χ4v) is 4.79. The predicted molar refractivity (Wildman–Crippen MR) is 130 cm³/mol. The summed E-state index contributed by atoms with van der Waals surface area (Å²) >= 11 is 0. The summed E-state index contributed by atoms with van der Waals surface area (Å²) in [4.78, 5) is 28.1. The van der Waals surface area contributed by atoms with Crippen LogP contribution in [-0.2, 0) is 9.47 Å². The summed E-state index contributed by atoms with van der Waals surface area (Å²) in [6, 6.07) is 16.5. The molecular weight excluding hydrogens is 432 g/mol. The number of benzene rings is 2. The molecule has 0 bridgehead atoms. The number of carbonyl (C=O) groups excluding carboxylic acids is 2. The second kappa shape index (κ2) is 9.29. The first-order valence-corrected chi connectivity index (χ1v) is 11.8. The highest BCUT2D eigenvalue weighted by Gasteiger charge is 2.37. The van der Waals surface area contributed by atoms with Crippen LogP contribution >= 0.6 is 0 Å². The van der Waals surface area contributed by atoms with Gasteiger partial charge in [-0.1, -0.05) is 48.5 Å². The van der Waals surface area contributed by atoms with Crippen LogP contribution in [0.5, 0.6) is 0 Å². The molecule has 0 spiro atoms. The summed E-state index contributed by atoms with van der Waals surface area (Å²) in [7, 11) is 1.62. The van der Waals surface area contributed by atoms with Crippen molar-refractivity contribution in [1.29, 1.82) is 0 Å². The summed E-state index contributed by atoms with van der Waals surface area (Å²) < 4.78 is 11.1. The molecule has 4 rings (SSSR count). The summed E-state index contributed by atoms with van der Waals surface area (Å²) in [5.41, 5.74) is 3.07. The van der Waals surface area contributed by atoms with Crippen molar-refractivity contribution < 1.29 is 24.2 Å². The fourth-order valence-electron chi connectivity index (χ4n) is 4.79. The Labute approximate surface area is 201 Å². The number of amides is 2. The Morgan fingerprint density at radius 2 is 1.56 bits per heavy atom. The lowest BCUT2D eigenvalue weighted by atomic mass is 9.91. The van der Waals surface area contributed by atoms with Gasteiger partial charge in [-0.15, -0.1) is 0 Å². The number of hydrogen-bond donors (Lipinski definition) is 1. The Bertz CT molecular complexity index is 1010. The average Bonchev–Trinajstić information content (AvgIpc) is 3.10. The van der Waals surface area contributed by atoms with Crippen LogP contribution in [0.2, 0.25) is 0 Å². The molecule has 34 heavy (non-hydrogen) atoms. The van der Waals surface area contributed by atoms with Crippen LogP contribution in [0.4, 0.5) is 9.59 Å². The van der Waals surface area contributed by atoms with Gasteiger partial charge < -0.3 is 24.4 Å². The summed E-state index contributed by atoms with van der Waals surface area (Å²) in [5.74, 6) is 0.0144. The van der Waals surface area contributed by atoms with Gasteiger partial charge in [-0.05, 0) is 55.9 Å². The smallest absolute Gasteiger partial charge is 0.410 e. The third-order valence-corrected chi connectivity index (χ3v) is 6.53. The second-order valence-electron chi connectivity index (χ2n) is 10.4. The first kappa shape index (κ1) is 24.1. The van der Waals surface area contributed by atoms with E-state index < -0.39 is 17.3 Å². The van der Waals surface area contributed by atoms with Crippen molar-refractivity contribution in [2.45, 2.75) is 50.7 Å². The van der Waals surface area contributed by atoms with Gasteiger partial charge in [0.1, 0.15) is 12.2 Å². The third-order valence-electron chi connectivity index (χ3n) is 6.53. The van der Waals surface area contributed by atoms with Crippen LogP contribution in [0, 0.1) is 0 Å². The minimum atomic E-state index is -1.06. The van der Waals surface area contributed by atoms with E-state index in [2.05, 4.69) is 24.3 Å². The van der Waals surface area contributed by atoms with E-state index in [1.807, 2.05) is 24.3 Å². The molecule has 2 aliphatic rings. The molecule has 1 saturated heterocycles. The molecule has 0 radical (unpaired) electrons. The maximum Gasteiger partial charge on any atom is 0.410 e. The van der Waals surface area contributed by atoms with E-state index in [1.165, 1.54) is 27.2 Å². The van der Waals surface area contributed by atoms with Crippen LogP contribution in [0.1, 0.15) is 50.7 Å². The number of carbonyl (C=O) groups is 2. The lowest BCUT2D eigenvalue weighted by Gasteiger charge is -2.39. The molecule has 7 nitrogen and oxygen atoms in total. The molecule has 1 heterocycles. The monoisotopic (exact) mass is 466 g/mol. The fraction of sp³-hybridized carbons (Fsp3) is 0.481. The van der Waals surface area contributed by atoms with E-state index in [0.29, 0.717) is 25.9 Å². The van der Waals surface area contributed by atoms with Crippen LogP contribution < -0.4 is 0 Å². The maximum atomic E-state index is 12.8. The number of nitrogens with zero attached hydrogens (tertiary/aromatic N) is 2. The highest BCUT2D eigenvalue weighted by molar-refractivity contribution is 5.79. The van der Waals surface area contributed by atoms with Crippen LogP contribution in [0.25, 0.3) is 11.1 Å². The number of piperidine rings is 1. The SMILES string of the molecule is CN(CC1(O)CCN(C(=O)OCC2c3ccccc3-c3ccccc32)CC1)C(=O)OC(C)(C)C. The van der Waals surface area contributed by atoms with E-state index in [1.54, 1.807) is 32.7 Å². The molecular formula is C27H34N2O5. The molecule has 1 fully saturated rings. The quantitative estimate of drug-likeness (QED) is 0.711. The number of ether oxygens (including phenoxy) is 2. The van der Waals surface area contributed by atoms with Crippen molar-refractivity contribution in [3.05, 3.63) is 59.7 Å². The van der Waals surface area contributed by atoms with Crippen molar-refractivity contribution in [1.82, 2.24) is 9.80 Å². The van der Waals surface area contributed by atoms with Crippen LogP contribution in [0.3, 0.4) is 0 Å². The molecule has 1 aliphatic carbocycles. The highest BCUT2D eigenvalue weighted by atomic mass is 16.6. The Balaban J connectivity index is 1.31. The molecule has 182 valence electrons. The number of hydrogen-bond acceptors (Lipinski definition) is 5. The third kappa shape index (κ3) is 5.20. The Kier molecular flexibility index (Phi) is 6.58. The number of likely N-dealkylation sites (N-methyl/N-ethyl adjacent to an activating group) is 1. The number of rotatable bonds is 4. The molecule has 2 aromatic carbocycles. The van der Waals surface area contributed by atoms with Gasteiger partial charge in [0.2, 0.25) is 0 Å². The van der Waals surface area contributed by atoms with Gasteiger partial charge in [-0.25, -0.2) is 9.59 Å². The molecule has 2 aromatic rings. The van der Waals surface area contributed by atoms with Gasteiger partial charge in [0.25, 0.3) is 0 Å². The van der Waals surface area contributed by atoms with Gasteiger partial charge in [0, 0.05) is 26.1 Å². The Morgan fingerprint density at radius 3 is 2.09 bits per heavy atom. The van der Waals surface area contributed by atoms with E-state index in [-0.39, 0.29) is 25.2 Å². The van der Waals surface area contributed by atoms with Crippen LogP contribution in [-0.4, -0.2) is 71.6 Å². The zero-order valence-corrected chi connectivity index (χ0v) is 20.4. The van der Waals surface area contributed by atoms with Crippen molar-refractivity contribution in [3.8, 4) is 11.1 Å².